The van der Waals surface area contributed by atoms with E-state index in [1.54, 1.807) is 12.1 Å². The molecule has 1 nitrogen and oxygen atoms in total. The Kier molecular flexibility index (Phi) is 4.93. The Morgan fingerprint density at radius 3 is 2.87 bits per heavy atom. The van der Waals surface area contributed by atoms with Crippen LogP contribution in [0.3, 0.4) is 0 Å². The van der Waals surface area contributed by atoms with Crippen LogP contribution in [0.1, 0.15) is 12.5 Å². The first-order valence-corrected chi connectivity index (χ1v) is 6.07. The molecule has 0 N–H and O–H groups in total. The van der Waals surface area contributed by atoms with Crippen molar-refractivity contribution in [3.05, 3.63) is 29.6 Å². The summed E-state index contributed by atoms with van der Waals surface area (Å²) >= 11 is 7.09. The monoisotopic (exact) mass is 243 g/mol. The van der Waals surface area contributed by atoms with Crippen molar-refractivity contribution in [3.63, 3.8) is 0 Å². The average molecular weight is 244 g/mol. The molecule has 0 aromatic heterocycles. The molecule has 4 heteroatoms. The number of benzene rings is 1. The minimum absolute atomic E-state index is 0.333. The van der Waals surface area contributed by atoms with E-state index < -0.39 is 0 Å². The third-order valence-electron chi connectivity index (χ3n) is 1.85. The highest BCUT2D eigenvalue weighted by atomic mass is 35.5. The molecule has 1 aromatic rings. The van der Waals surface area contributed by atoms with Gasteiger partial charge in [0.25, 0.3) is 0 Å². The lowest BCUT2D eigenvalue weighted by atomic mass is 10.2. The van der Waals surface area contributed by atoms with E-state index in [-0.39, 0.29) is 5.82 Å². The molecule has 0 heterocycles. The number of rotatable bonds is 4. The fraction of sp³-hybridized carbons (Fsp3) is 0.364. The predicted molar refractivity (Wildman–Crippen MR) is 61.7 cm³/mol. The van der Waals surface area contributed by atoms with E-state index in [9.17, 15) is 4.39 Å². The van der Waals surface area contributed by atoms with Crippen LogP contribution in [-0.4, -0.2) is 11.6 Å². The summed E-state index contributed by atoms with van der Waals surface area (Å²) in [7, 11) is 0. The highest BCUT2D eigenvalue weighted by Gasteiger charge is 2.06. The zero-order valence-electron chi connectivity index (χ0n) is 8.34. The quantitative estimate of drug-likeness (QED) is 0.595. The standard InChI is InChI=1S/C11H11ClFNS/c1-8(5-12)7-15-11-3-2-9(6-14)4-10(11)13/h2-4,8H,5,7H2,1H3. The van der Waals surface area contributed by atoms with Crippen molar-refractivity contribution in [1.29, 1.82) is 5.26 Å². The number of hydrogen-bond acceptors (Lipinski definition) is 2. The van der Waals surface area contributed by atoms with Crippen LogP contribution in [0.2, 0.25) is 0 Å². The van der Waals surface area contributed by atoms with Crippen LogP contribution >= 0.6 is 23.4 Å². The summed E-state index contributed by atoms with van der Waals surface area (Å²) in [4.78, 5) is 0.575. The molecule has 0 aliphatic rings. The molecule has 0 aliphatic carbocycles. The van der Waals surface area contributed by atoms with Crippen LogP contribution in [0.25, 0.3) is 0 Å². The molecule has 1 unspecified atom stereocenters. The van der Waals surface area contributed by atoms with Gasteiger partial charge in [-0.25, -0.2) is 4.39 Å². The summed E-state index contributed by atoms with van der Waals surface area (Å²) in [5.74, 6) is 1.38. The Morgan fingerprint density at radius 2 is 2.33 bits per heavy atom. The van der Waals surface area contributed by atoms with Crippen molar-refractivity contribution in [3.8, 4) is 6.07 Å². The van der Waals surface area contributed by atoms with E-state index in [2.05, 4.69) is 0 Å². The second kappa shape index (κ2) is 5.99. The van der Waals surface area contributed by atoms with Crippen LogP contribution in [-0.2, 0) is 0 Å². The molecule has 0 amide bonds. The zero-order chi connectivity index (χ0) is 11.3. The number of nitriles is 1. The lowest BCUT2D eigenvalue weighted by Crippen LogP contribution is -1.99. The third kappa shape index (κ3) is 3.73. The molecular weight excluding hydrogens is 233 g/mol. The van der Waals surface area contributed by atoms with E-state index >= 15 is 0 Å². The average Bonchev–Trinajstić information content (AvgIpc) is 2.26. The largest absolute Gasteiger partial charge is 0.206 e. The first-order valence-electron chi connectivity index (χ1n) is 4.55. The maximum absolute atomic E-state index is 13.4. The fourth-order valence-corrected chi connectivity index (χ4v) is 2.15. The van der Waals surface area contributed by atoms with Gasteiger partial charge in [0.15, 0.2) is 0 Å². The summed E-state index contributed by atoms with van der Waals surface area (Å²) in [6, 6.07) is 6.42. The van der Waals surface area contributed by atoms with Gasteiger partial charge in [0.2, 0.25) is 0 Å². The molecule has 0 bridgehead atoms. The van der Waals surface area contributed by atoms with E-state index in [0.717, 1.165) is 5.75 Å². The van der Waals surface area contributed by atoms with Gasteiger partial charge in [-0.2, -0.15) is 5.26 Å². The van der Waals surface area contributed by atoms with Crippen molar-refractivity contribution in [2.45, 2.75) is 11.8 Å². The topological polar surface area (TPSA) is 23.8 Å². The van der Waals surface area contributed by atoms with Gasteiger partial charge in [-0.1, -0.05) is 6.92 Å². The molecule has 15 heavy (non-hydrogen) atoms. The van der Waals surface area contributed by atoms with Crippen molar-refractivity contribution in [1.82, 2.24) is 0 Å². The van der Waals surface area contributed by atoms with E-state index in [0.29, 0.717) is 22.3 Å². The van der Waals surface area contributed by atoms with Crippen molar-refractivity contribution >= 4 is 23.4 Å². The molecule has 0 aliphatic heterocycles. The van der Waals surface area contributed by atoms with E-state index in [1.165, 1.54) is 17.8 Å². The van der Waals surface area contributed by atoms with Crippen molar-refractivity contribution in [2.24, 2.45) is 5.92 Å². The summed E-state index contributed by atoms with van der Waals surface area (Å²) in [5, 5.41) is 8.57. The minimum atomic E-state index is -0.333. The number of nitrogens with zero attached hydrogens (tertiary/aromatic N) is 1. The molecule has 0 saturated carbocycles. The van der Waals surface area contributed by atoms with E-state index in [1.807, 2.05) is 13.0 Å². The van der Waals surface area contributed by atoms with Crippen molar-refractivity contribution in [2.75, 3.05) is 11.6 Å². The van der Waals surface area contributed by atoms with Gasteiger partial charge >= 0.3 is 0 Å². The second-order valence-corrected chi connectivity index (χ2v) is 4.70. The minimum Gasteiger partial charge on any atom is -0.206 e. The Hall–Kier alpha value is -0.720. The molecule has 0 fully saturated rings. The van der Waals surface area contributed by atoms with Gasteiger partial charge in [-0.3, -0.25) is 0 Å². The van der Waals surface area contributed by atoms with Gasteiger partial charge in [-0.05, 0) is 24.1 Å². The van der Waals surface area contributed by atoms with Crippen molar-refractivity contribution < 1.29 is 4.39 Å². The van der Waals surface area contributed by atoms with Gasteiger partial charge < -0.3 is 0 Å². The number of alkyl halides is 1. The molecule has 0 radical (unpaired) electrons. The smallest absolute Gasteiger partial charge is 0.138 e. The summed E-state index contributed by atoms with van der Waals surface area (Å²) in [5.41, 5.74) is 0.349. The van der Waals surface area contributed by atoms with Crippen LogP contribution < -0.4 is 0 Å². The second-order valence-electron chi connectivity index (χ2n) is 3.33. The molecule has 0 saturated heterocycles. The van der Waals surface area contributed by atoms with Crippen LogP contribution in [0.5, 0.6) is 0 Å². The molecule has 1 rings (SSSR count). The third-order valence-corrected chi connectivity index (χ3v) is 3.75. The number of thioether (sulfide) groups is 1. The van der Waals surface area contributed by atoms with Crippen LogP contribution in [0.4, 0.5) is 4.39 Å². The number of hydrogen-bond donors (Lipinski definition) is 0. The van der Waals surface area contributed by atoms with Crippen LogP contribution in [0, 0.1) is 23.1 Å². The van der Waals surface area contributed by atoms with Gasteiger partial charge in [-0.15, -0.1) is 23.4 Å². The van der Waals surface area contributed by atoms with E-state index in [4.69, 9.17) is 16.9 Å². The Labute approximate surface area is 98.2 Å². The highest BCUT2D eigenvalue weighted by molar-refractivity contribution is 7.99. The Balaban J connectivity index is 2.67. The summed E-state index contributed by atoms with van der Waals surface area (Å²) in [6.07, 6.45) is 0. The SMILES string of the molecule is CC(CCl)CSc1ccc(C#N)cc1F. The first-order chi connectivity index (χ1) is 7.17. The highest BCUT2D eigenvalue weighted by Crippen LogP contribution is 2.24. The molecule has 0 spiro atoms. The number of halogens is 2. The lowest BCUT2D eigenvalue weighted by Gasteiger charge is -2.07. The molecule has 80 valence electrons. The predicted octanol–water partition coefficient (Wildman–Crippen LogP) is 3.66. The summed E-state index contributed by atoms with van der Waals surface area (Å²) < 4.78 is 13.4. The normalized spacial score (nSPS) is 12.1. The Morgan fingerprint density at radius 1 is 1.60 bits per heavy atom. The van der Waals surface area contributed by atoms with Gasteiger partial charge in [0.1, 0.15) is 5.82 Å². The van der Waals surface area contributed by atoms with Gasteiger partial charge in [0.05, 0.1) is 11.6 Å². The lowest BCUT2D eigenvalue weighted by molar-refractivity contribution is 0.601. The fourth-order valence-electron chi connectivity index (χ4n) is 0.964. The van der Waals surface area contributed by atoms with Gasteiger partial charge in [0, 0.05) is 16.5 Å². The zero-order valence-corrected chi connectivity index (χ0v) is 9.91. The summed E-state index contributed by atoms with van der Waals surface area (Å²) in [6.45, 7) is 2.02. The molecule has 1 atom stereocenters. The molecule has 1 aromatic carbocycles. The maximum atomic E-state index is 13.4. The Bertz CT molecular complexity index is 375. The first kappa shape index (κ1) is 12.4. The maximum Gasteiger partial charge on any atom is 0.138 e. The van der Waals surface area contributed by atoms with Crippen LogP contribution in [0.15, 0.2) is 23.1 Å². The molecular formula is C11H11ClFNS.